The number of allylic oxidation sites excluding steroid dienone is 4. The van der Waals surface area contributed by atoms with E-state index in [1.54, 1.807) is 0 Å². The highest BCUT2D eigenvalue weighted by Gasteiger charge is 2.20. The quantitative estimate of drug-likeness (QED) is 0.417. The van der Waals surface area contributed by atoms with E-state index in [9.17, 15) is 5.11 Å². The number of nitrogens with zero attached hydrogens (tertiary/aromatic N) is 3. The fourth-order valence-corrected chi connectivity index (χ4v) is 4.45. The second-order valence-electron chi connectivity index (χ2n) is 8.75. The first kappa shape index (κ1) is 20.3. The third-order valence-electron chi connectivity index (χ3n) is 6.34. The zero-order valence-corrected chi connectivity index (χ0v) is 18.8. The summed E-state index contributed by atoms with van der Waals surface area (Å²) in [5.74, 6) is 0.203. The van der Waals surface area contributed by atoms with E-state index in [1.165, 1.54) is 22.3 Å². The van der Waals surface area contributed by atoms with Crippen molar-refractivity contribution in [2.45, 2.75) is 40.0 Å². The average molecular weight is 422 g/mol. The Morgan fingerprint density at radius 3 is 2.34 bits per heavy atom. The molecule has 1 N–H and O–H groups in total. The molecule has 0 saturated heterocycles. The molecule has 0 spiro atoms. The van der Waals surface area contributed by atoms with E-state index in [2.05, 4.69) is 51.1 Å². The first-order valence-corrected chi connectivity index (χ1v) is 11.0. The van der Waals surface area contributed by atoms with Crippen LogP contribution in [0.25, 0.3) is 16.9 Å². The highest BCUT2D eigenvalue weighted by atomic mass is 16.3. The topological polar surface area (TPSA) is 50.4 Å². The monoisotopic (exact) mass is 421 g/mol. The van der Waals surface area contributed by atoms with E-state index >= 15 is 0 Å². The number of aromatic nitrogens is 3. The summed E-state index contributed by atoms with van der Waals surface area (Å²) < 4.78 is 1.81. The summed E-state index contributed by atoms with van der Waals surface area (Å²) in [5.41, 5.74) is 10.5. The van der Waals surface area contributed by atoms with Crippen LogP contribution in [0.15, 0.2) is 83.6 Å². The summed E-state index contributed by atoms with van der Waals surface area (Å²) in [6, 6.07) is 18.5. The van der Waals surface area contributed by atoms with Gasteiger partial charge in [-0.25, -0.2) is 9.97 Å². The molecule has 0 aliphatic heterocycles. The van der Waals surface area contributed by atoms with Crippen LogP contribution >= 0.6 is 0 Å². The fourth-order valence-electron chi connectivity index (χ4n) is 4.45. The van der Waals surface area contributed by atoms with Gasteiger partial charge in [-0.2, -0.15) is 0 Å². The van der Waals surface area contributed by atoms with Gasteiger partial charge in [0, 0.05) is 24.6 Å². The lowest BCUT2D eigenvalue weighted by Crippen LogP contribution is -2.01. The third kappa shape index (κ3) is 3.73. The average Bonchev–Trinajstić information content (AvgIpc) is 3.27. The molecule has 2 aromatic heterocycles. The first-order valence-electron chi connectivity index (χ1n) is 11.0. The SMILES string of the molecule is CC1=C(C)CC(Cc2nc3c(Cc4ccccc4)nc(-c4ccccc4C)cn3c2O)=C1. The van der Waals surface area contributed by atoms with E-state index in [0.29, 0.717) is 18.5 Å². The fraction of sp³-hybridized carbons (Fsp3) is 0.214. The molecule has 2 heterocycles. The molecule has 0 atom stereocenters. The van der Waals surface area contributed by atoms with Crippen LogP contribution in [0.2, 0.25) is 0 Å². The molecule has 4 aromatic rings. The number of fused-ring (bicyclic) bond motifs is 1. The molecule has 32 heavy (non-hydrogen) atoms. The maximum absolute atomic E-state index is 11.1. The molecular formula is C28H27N3O. The van der Waals surface area contributed by atoms with Crippen molar-refractivity contribution in [3.8, 4) is 17.1 Å². The zero-order chi connectivity index (χ0) is 22.2. The first-order chi connectivity index (χ1) is 15.5. The Balaban J connectivity index is 1.63. The normalized spacial score (nSPS) is 13.8. The van der Waals surface area contributed by atoms with E-state index in [4.69, 9.17) is 9.97 Å². The number of aromatic hydroxyl groups is 1. The van der Waals surface area contributed by atoms with Crippen molar-refractivity contribution in [3.05, 3.63) is 106 Å². The molecule has 0 saturated carbocycles. The van der Waals surface area contributed by atoms with E-state index in [1.807, 2.05) is 40.9 Å². The second-order valence-corrected chi connectivity index (χ2v) is 8.75. The lowest BCUT2D eigenvalue weighted by atomic mass is 10.1. The van der Waals surface area contributed by atoms with Crippen LogP contribution in [-0.2, 0) is 12.8 Å². The molecule has 1 aliphatic carbocycles. The van der Waals surface area contributed by atoms with Crippen LogP contribution in [0.4, 0.5) is 0 Å². The Kier molecular flexibility index (Phi) is 5.14. The standard InChI is InChI=1S/C28H27N3O/c1-18-9-7-8-12-23(18)26-17-31-27(24(29-26)15-21-10-5-4-6-11-21)30-25(28(31)32)16-22-13-19(2)20(3)14-22/h4-13,17,32H,14-16H2,1-3H3. The van der Waals surface area contributed by atoms with Crippen molar-refractivity contribution >= 4 is 5.65 Å². The maximum atomic E-state index is 11.1. The van der Waals surface area contributed by atoms with Gasteiger partial charge < -0.3 is 5.11 Å². The minimum Gasteiger partial charge on any atom is -0.493 e. The van der Waals surface area contributed by atoms with Crippen molar-refractivity contribution < 1.29 is 5.11 Å². The molecule has 0 radical (unpaired) electrons. The summed E-state index contributed by atoms with van der Waals surface area (Å²) >= 11 is 0. The van der Waals surface area contributed by atoms with E-state index in [0.717, 1.165) is 34.6 Å². The van der Waals surface area contributed by atoms with Gasteiger partial charge in [-0.1, -0.05) is 77.4 Å². The molecule has 0 unspecified atom stereocenters. The van der Waals surface area contributed by atoms with Gasteiger partial charge in [0.2, 0.25) is 5.88 Å². The van der Waals surface area contributed by atoms with E-state index < -0.39 is 0 Å². The Labute approximate surface area is 188 Å². The summed E-state index contributed by atoms with van der Waals surface area (Å²) in [6.45, 7) is 6.39. The number of rotatable bonds is 5. The lowest BCUT2D eigenvalue weighted by molar-refractivity contribution is 0.442. The number of hydrogen-bond donors (Lipinski definition) is 1. The van der Waals surface area contributed by atoms with Crippen molar-refractivity contribution in [3.63, 3.8) is 0 Å². The van der Waals surface area contributed by atoms with Gasteiger partial charge in [0.1, 0.15) is 5.69 Å². The molecular weight excluding hydrogens is 394 g/mol. The molecule has 1 aliphatic rings. The minimum atomic E-state index is 0.203. The van der Waals surface area contributed by atoms with Crippen molar-refractivity contribution in [1.29, 1.82) is 0 Å². The van der Waals surface area contributed by atoms with Gasteiger partial charge >= 0.3 is 0 Å². The molecule has 160 valence electrons. The van der Waals surface area contributed by atoms with Gasteiger partial charge in [0.25, 0.3) is 0 Å². The summed E-state index contributed by atoms with van der Waals surface area (Å²) in [5, 5.41) is 11.1. The maximum Gasteiger partial charge on any atom is 0.219 e. The number of imidazole rings is 1. The summed E-state index contributed by atoms with van der Waals surface area (Å²) in [7, 11) is 0. The van der Waals surface area contributed by atoms with Gasteiger partial charge in [0.15, 0.2) is 5.65 Å². The Hall–Kier alpha value is -3.66. The van der Waals surface area contributed by atoms with Gasteiger partial charge in [-0.15, -0.1) is 0 Å². The van der Waals surface area contributed by atoms with Crippen LogP contribution in [0.5, 0.6) is 5.88 Å². The van der Waals surface area contributed by atoms with Crippen molar-refractivity contribution in [1.82, 2.24) is 14.4 Å². The number of hydrogen-bond acceptors (Lipinski definition) is 3. The van der Waals surface area contributed by atoms with Crippen molar-refractivity contribution in [2.24, 2.45) is 0 Å². The highest BCUT2D eigenvalue weighted by molar-refractivity contribution is 5.66. The number of aryl methyl sites for hydroxylation is 1. The molecule has 4 heteroatoms. The largest absolute Gasteiger partial charge is 0.493 e. The Morgan fingerprint density at radius 1 is 0.875 bits per heavy atom. The van der Waals surface area contributed by atoms with Crippen LogP contribution in [0, 0.1) is 6.92 Å². The third-order valence-corrected chi connectivity index (χ3v) is 6.34. The molecule has 2 aromatic carbocycles. The summed E-state index contributed by atoms with van der Waals surface area (Å²) in [4.78, 5) is 9.89. The molecule has 0 amide bonds. The van der Waals surface area contributed by atoms with Crippen LogP contribution < -0.4 is 0 Å². The molecule has 4 nitrogen and oxygen atoms in total. The predicted molar refractivity (Wildman–Crippen MR) is 129 cm³/mol. The highest BCUT2D eigenvalue weighted by Crippen LogP contribution is 2.32. The van der Waals surface area contributed by atoms with Crippen LogP contribution in [0.1, 0.15) is 42.8 Å². The minimum absolute atomic E-state index is 0.203. The van der Waals surface area contributed by atoms with Crippen LogP contribution in [0.3, 0.4) is 0 Å². The Morgan fingerprint density at radius 2 is 1.62 bits per heavy atom. The zero-order valence-electron chi connectivity index (χ0n) is 18.8. The molecule has 0 fully saturated rings. The number of benzene rings is 2. The smallest absolute Gasteiger partial charge is 0.219 e. The van der Waals surface area contributed by atoms with Gasteiger partial charge in [0.05, 0.1) is 11.4 Å². The van der Waals surface area contributed by atoms with Gasteiger partial charge in [-0.05, 0) is 38.3 Å². The molecule has 0 bridgehead atoms. The Bertz CT molecular complexity index is 1380. The lowest BCUT2D eigenvalue weighted by Gasteiger charge is -2.10. The van der Waals surface area contributed by atoms with Crippen LogP contribution in [-0.4, -0.2) is 19.5 Å². The van der Waals surface area contributed by atoms with E-state index in [-0.39, 0.29) is 5.88 Å². The predicted octanol–water partition coefficient (Wildman–Crippen LogP) is 6.21. The van der Waals surface area contributed by atoms with Crippen molar-refractivity contribution in [2.75, 3.05) is 0 Å². The molecule has 5 rings (SSSR count). The van der Waals surface area contributed by atoms with Gasteiger partial charge in [-0.3, -0.25) is 4.40 Å². The summed E-state index contributed by atoms with van der Waals surface area (Å²) in [6.07, 6.45) is 6.38. The second kappa shape index (κ2) is 8.12.